The van der Waals surface area contributed by atoms with Gasteiger partial charge in [-0.1, -0.05) is 30.4 Å². The monoisotopic (exact) mass is 249 g/mol. The number of aromatic nitrogens is 2. The molecule has 0 amide bonds. The molecule has 0 saturated heterocycles. The average molecular weight is 249 g/mol. The Hall–Kier alpha value is -1.62. The second-order valence-corrected chi connectivity index (χ2v) is 4.88. The topological polar surface area (TPSA) is 58.0 Å². The van der Waals surface area contributed by atoms with Gasteiger partial charge in [0, 0.05) is 0 Å². The molecule has 0 aliphatic carbocycles. The highest BCUT2D eigenvalue weighted by Gasteiger charge is 2.09. The minimum atomic E-state index is 0.0970. The van der Waals surface area contributed by atoms with Crippen molar-refractivity contribution in [2.75, 3.05) is 5.32 Å². The van der Waals surface area contributed by atoms with Crippen LogP contribution in [0.25, 0.3) is 0 Å². The first-order chi connectivity index (χ1) is 8.19. The van der Waals surface area contributed by atoms with Crippen LogP contribution in [0.4, 0.5) is 5.13 Å². The van der Waals surface area contributed by atoms with Crippen molar-refractivity contribution in [2.45, 2.75) is 26.3 Å². The molecule has 1 aromatic heterocycles. The zero-order valence-corrected chi connectivity index (χ0v) is 10.7. The van der Waals surface area contributed by atoms with Crippen LogP contribution in [0.3, 0.4) is 0 Å². The summed E-state index contributed by atoms with van der Waals surface area (Å²) in [6.07, 6.45) is 0.903. The fourth-order valence-electron chi connectivity index (χ4n) is 1.52. The van der Waals surface area contributed by atoms with Gasteiger partial charge >= 0.3 is 0 Å². The van der Waals surface area contributed by atoms with E-state index in [9.17, 15) is 5.11 Å². The quantitative estimate of drug-likeness (QED) is 0.874. The molecule has 1 aromatic carbocycles. The fourth-order valence-corrected chi connectivity index (χ4v) is 2.28. The van der Waals surface area contributed by atoms with Crippen LogP contribution in [0.2, 0.25) is 0 Å². The Bertz CT molecular complexity index is 498. The van der Waals surface area contributed by atoms with E-state index in [1.54, 1.807) is 23.5 Å². The molecule has 1 unspecified atom stereocenters. The smallest absolute Gasteiger partial charge is 0.206 e. The molecule has 2 N–H and O–H groups in total. The number of nitrogens with one attached hydrogen (secondary N) is 1. The van der Waals surface area contributed by atoms with E-state index in [1.165, 1.54) is 0 Å². The average Bonchev–Trinajstić information content (AvgIpc) is 2.77. The van der Waals surface area contributed by atoms with Gasteiger partial charge in [0.25, 0.3) is 0 Å². The van der Waals surface area contributed by atoms with E-state index in [1.807, 2.05) is 19.1 Å². The summed E-state index contributed by atoms with van der Waals surface area (Å²) in [5, 5.41) is 22.7. The largest absolute Gasteiger partial charge is 0.508 e. The number of hydrogen-bond donors (Lipinski definition) is 2. The molecule has 2 aromatic rings. The number of rotatable bonds is 4. The van der Waals surface area contributed by atoms with E-state index in [2.05, 4.69) is 22.4 Å². The van der Waals surface area contributed by atoms with Crippen LogP contribution >= 0.6 is 11.3 Å². The number of aromatic hydroxyl groups is 1. The summed E-state index contributed by atoms with van der Waals surface area (Å²) >= 11 is 1.56. The second-order valence-electron chi connectivity index (χ2n) is 3.82. The number of phenolic OH excluding ortho intramolecular Hbond substituents is 1. The van der Waals surface area contributed by atoms with Crippen molar-refractivity contribution in [2.24, 2.45) is 0 Å². The van der Waals surface area contributed by atoms with Gasteiger partial charge in [-0.25, -0.2) is 0 Å². The lowest BCUT2D eigenvalue weighted by molar-refractivity contribution is 0.474. The maximum absolute atomic E-state index is 9.42. The van der Waals surface area contributed by atoms with Gasteiger partial charge in [-0.15, -0.1) is 10.2 Å². The van der Waals surface area contributed by atoms with Crippen LogP contribution in [0, 0.1) is 0 Å². The Morgan fingerprint density at radius 3 is 2.88 bits per heavy atom. The van der Waals surface area contributed by atoms with E-state index in [4.69, 9.17) is 0 Å². The maximum Gasteiger partial charge on any atom is 0.206 e. The lowest BCUT2D eigenvalue weighted by Crippen LogP contribution is -2.05. The normalized spacial score (nSPS) is 12.4. The van der Waals surface area contributed by atoms with Crippen LogP contribution in [0.15, 0.2) is 24.3 Å². The highest BCUT2D eigenvalue weighted by atomic mass is 32.1. The predicted octanol–water partition coefficient (Wildman–Crippen LogP) is 2.98. The Morgan fingerprint density at radius 2 is 2.24 bits per heavy atom. The Kier molecular flexibility index (Phi) is 3.58. The first kappa shape index (κ1) is 11.9. The molecule has 0 bridgehead atoms. The van der Waals surface area contributed by atoms with Gasteiger partial charge in [0.05, 0.1) is 6.04 Å². The number of nitrogens with zero attached hydrogens (tertiary/aromatic N) is 2. The molecule has 2 rings (SSSR count). The van der Waals surface area contributed by atoms with Gasteiger partial charge in [0.15, 0.2) is 0 Å². The summed E-state index contributed by atoms with van der Waals surface area (Å²) < 4.78 is 0. The molecule has 5 heteroatoms. The molecule has 4 nitrogen and oxygen atoms in total. The summed E-state index contributed by atoms with van der Waals surface area (Å²) in [6.45, 7) is 4.09. The molecule has 0 aliphatic rings. The van der Waals surface area contributed by atoms with E-state index >= 15 is 0 Å². The molecule has 0 radical (unpaired) electrons. The maximum atomic E-state index is 9.42. The number of aryl methyl sites for hydroxylation is 1. The lowest BCUT2D eigenvalue weighted by atomic mass is 10.1. The molecule has 1 heterocycles. The molecule has 0 fully saturated rings. The van der Waals surface area contributed by atoms with Crippen molar-refractivity contribution >= 4 is 16.5 Å². The summed E-state index contributed by atoms with van der Waals surface area (Å²) in [7, 11) is 0. The zero-order chi connectivity index (χ0) is 12.3. The molecule has 1 atom stereocenters. The van der Waals surface area contributed by atoms with E-state index < -0.39 is 0 Å². The van der Waals surface area contributed by atoms with Gasteiger partial charge in [0.2, 0.25) is 5.13 Å². The van der Waals surface area contributed by atoms with Crippen molar-refractivity contribution in [1.82, 2.24) is 10.2 Å². The summed E-state index contributed by atoms with van der Waals surface area (Å²) in [4.78, 5) is 0. The van der Waals surface area contributed by atoms with Crippen LogP contribution in [0.5, 0.6) is 5.75 Å². The zero-order valence-electron chi connectivity index (χ0n) is 9.84. The standard InChI is InChI=1S/C12H15N3OS/c1-3-11-14-15-12(17-11)13-8(2)9-5-4-6-10(16)7-9/h4-8,16H,3H2,1-2H3,(H,13,15). The Balaban J connectivity index is 2.08. The van der Waals surface area contributed by atoms with E-state index in [-0.39, 0.29) is 11.8 Å². The highest BCUT2D eigenvalue weighted by molar-refractivity contribution is 7.15. The molecule has 0 spiro atoms. The highest BCUT2D eigenvalue weighted by Crippen LogP contribution is 2.24. The molecular formula is C12H15N3OS. The van der Waals surface area contributed by atoms with Crippen LogP contribution in [-0.4, -0.2) is 15.3 Å². The van der Waals surface area contributed by atoms with Gasteiger partial charge in [-0.2, -0.15) is 0 Å². The predicted molar refractivity (Wildman–Crippen MR) is 69.4 cm³/mol. The Morgan fingerprint density at radius 1 is 1.41 bits per heavy atom. The summed E-state index contributed by atoms with van der Waals surface area (Å²) in [5.74, 6) is 0.280. The molecular weight excluding hydrogens is 234 g/mol. The molecule has 17 heavy (non-hydrogen) atoms. The third kappa shape index (κ3) is 2.94. The fraction of sp³-hybridized carbons (Fsp3) is 0.333. The van der Waals surface area contributed by atoms with Crippen LogP contribution in [0.1, 0.15) is 30.5 Å². The Labute approximate surface area is 104 Å². The minimum absolute atomic E-state index is 0.0970. The third-order valence-corrected chi connectivity index (χ3v) is 3.48. The molecule has 0 saturated carbocycles. The summed E-state index contributed by atoms with van der Waals surface area (Å²) in [6, 6.07) is 7.31. The van der Waals surface area contributed by atoms with Crippen molar-refractivity contribution in [1.29, 1.82) is 0 Å². The van der Waals surface area contributed by atoms with Gasteiger partial charge in [0.1, 0.15) is 10.8 Å². The van der Waals surface area contributed by atoms with Gasteiger partial charge in [-0.05, 0) is 31.0 Å². The number of benzene rings is 1. The van der Waals surface area contributed by atoms with Crippen molar-refractivity contribution < 1.29 is 5.11 Å². The summed E-state index contributed by atoms with van der Waals surface area (Å²) in [5.41, 5.74) is 1.03. The van der Waals surface area contributed by atoms with E-state index in [0.717, 1.165) is 22.1 Å². The first-order valence-corrected chi connectivity index (χ1v) is 6.38. The van der Waals surface area contributed by atoms with Gasteiger partial charge in [-0.3, -0.25) is 0 Å². The molecule has 90 valence electrons. The van der Waals surface area contributed by atoms with Crippen LogP contribution < -0.4 is 5.32 Å². The van der Waals surface area contributed by atoms with Crippen molar-refractivity contribution in [3.8, 4) is 5.75 Å². The number of phenols is 1. The second kappa shape index (κ2) is 5.14. The SMILES string of the molecule is CCc1nnc(NC(C)c2cccc(O)c2)s1. The van der Waals surface area contributed by atoms with E-state index in [0.29, 0.717) is 0 Å². The van der Waals surface area contributed by atoms with Crippen molar-refractivity contribution in [3.05, 3.63) is 34.8 Å². The van der Waals surface area contributed by atoms with Crippen LogP contribution in [-0.2, 0) is 6.42 Å². The number of anilines is 1. The van der Waals surface area contributed by atoms with Crippen molar-refractivity contribution in [3.63, 3.8) is 0 Å². The number of hydrogen-bond acceptors (Lipinski definition) is 5. The first-order valence-electron chi connectivity index (χ1n) is 5.57. The minimum Gasteiger partial charge on any atom is -0.508 e. The molecule has 0 aliphatic heterocycles. The lowest BCUT2D eigenvalue weighted by Gasteiger charge is -2.12. The van der Waals surface area contributed by atoms with Gasteiger partial charge < -0.3 is 10.4 Å². The third-order valence-electron chi connectivity index (χ3n) is 2.48.